The lowest BCUT2D eigenvalue weighted by Gasteiger charge is -2.16. The van der Waals surface area contributed by atoms with Crippen LogP contribution >= 0.6 is 0 Å². The molecule has 3 rings (SSSR count). The molecule has 0 atom stereocenters. The van der Waals surface area contributed by atoms with Crippen molar-refractivity contribution in [2.45, 2.75) is 19.3 Å². The standard InChI is InChI=1S/C17H16/c1-2-6-14(7-3-1)12-15-10-11-16-8-4-5-9-17(16)13-15/h1-9,13H,10-12H2. The Balaban J connectivity index is 1.85. The average Bonchev–Trinajstić information content (AvgIpc) is 2.40. The van der Waals surface area contributed by atoms with Crippen LogP contribution in [0.5, 0.6) is 0 Å². The van der Waals surface area contributed by atoms with Crippen LogP contribution in [0.25, 0.3) is 6.08 Å². The number of aryl methyl sites for hydroxylation is 1. The number of fused-ring (bicyclic) bond motifs is 1. The minimum atomic E-state index is 1.09. The van der Waals surface area contributed by atoms with E-state index in [4.69, 9.17) is 0 Å². The largest absolute Gasteiger partial charge is 0.0649 e. The Hall–Kier alpha value is -1.82. The number of benzene rings is 2. The molecule has 0 N–H and O–H groups in total. The third-order valence-electron chi connectivity index (χ3n) is 3.40. The van der Waals surface area contributed by atoms with Gasteiger partial charge in [0.25, 0.3) is 0 Å². The molecule has 84 valence electrons. The van der Waals surface area contributed by atoms with E-state index in [0.29, 0.717) is 0 Å². The van der Waals surface area contributed by atoms with Gasteiger partial charge in [-0.25, -0.2) is 0 Å². The number of rotatable bonds is 2. The number of allylic oxidation sites excluding steroid dienone is 1. The van der Waals surface area contributed by atoms with Gasteiger partial charge in [0.05, 0.1) is 0 Å². The molecule has 0 amide bonds. The molecule has 2 aromatic rings. The quantitative estimate of drug-likeness (QED) is 0.709. The van der Waals surface area contributed by atoms with Crippen LogP contribution < -0.4 is 0 Å². The van der Waals surface area contributed by atoms with Crippen molar-refractivity contribution in [1.82, 2.24) is 0 Å². The second-order valence-corrected chi connectivity index (χ2v) is 4.66. The molecule has 1 aliphatic rings. The summed E-state index contributed by atoms with van der Waals surface area (Å²) >= 11 is 0. The van der Waals surface area contributed by atoms with Crippen LogP contribution in [0.1, 0.15) is 23.1 Å². The van der Waals surface area contributed by atoms with Gasteiger partial charge >= 0.3 is 0 Å². The number of hydrogen-bond acceptors (Lipinski definition) is 0. The Morgan fingerprint density at radius 1 is 0.765 bits per heavy atom. The molecule has 0 nitrogen and oxygen atoms in total. The second-order valence-electron chi connectivity index (χ2n) is 4.66. The van der Waals surface area contributed by atoms with Crippen LogP contribution in [0.2, 0.25) is 0 Å². The lowest BCUT2D eigenvalue weighted by Crippen LogP contribution is -2.01. The first-order valence-electron chi connectivity index (χ1n) is 6.23. The van der Waals surface area contributed by atoms with Crippen LogP contribution in [0, 0.1) is 0 Å². The fourth-order valence-electron chi connectivity index (χ4n) is 2.49. The Morgan fingerprint density at radius 2 is 1.53 bits per heavy atom. The summed E-state index contributed by atoms with van der Waals surface area (Å²) in [5.74, 6) is 0. The molecular weight excluding hydrogens is 204 g/mol. The summed E-state index contributed by atoms with van der Waals surface area (Å²) in [5.41, 5.74) is 5.86. The zero-order valence-electron chi connectivity index (χ0n) is 9.89. The molecule has 2 aromatic carbocycles. The van der Waals surface area contributed by atoms with Crippen molar-refractivity contribution in [2.24, 2.45) is 0 Å². The minimum Gasteiger partial charge on any atom is -0.0649 e. The predicted octanol–water partition coefficient (Wildman–Crippen LogP) is 4.26. The van der Waals surface area contributed by atoms with Crippen LogP contribution in [0.4, 0.5) is 0 Å². The molecule has 0 saturated heterocycles. The van der Waals surface area contributed by atoms with Gasteiger partial charge in [-0.3, -0.25) is 0 Å². The fraction of sp³-hybridized carbons (Fsp3) is 0.176. The highest BCUT2D eigenvalue weighted by Crippen LogP contribution is 2.25. The highest BCUT2D eigenvalue weighted by Gasteiger charge is 2.09. The van der Waals surface area contributed by atoms with Crippen molar-refractivity contribution in [1.29, 1.82) is 0 Å². The maximum Gasteiger partial charge on any atom is -0.00637 e. The van der Waals surface area contributed by atoms with E-state index in [1.165, 1.54) is 29.5 Å². The summed E-state index contributed by atoms with van der Waals surface area (Å²) in [4.78, 5) is 0. The Labute approximate surface area is 103 Å². The molecule has 0 radical (unpaired) electrons. The first-order chi connectivity index (χ1) is 8.42. The molecule has 0 aliphatic heterocycles. The molecule has 0 saturated carbocycles. The van der Waals surface area contributed by atoms with Gasteiger partial charge in [-0.2, -0.15) is 0 Å². The molecule has 0 spiro atoms. The van der Waals surface area contributed by atoms with Gasteiger partial charge in [0, 0.05) is 0 Å². The van der Waals surface area contributed by atoms with Crippen molar-refractivity contribution in [2.75, 3.05) is 0 Å². The van der Waals surface area contributed by atoms with E-state index in [0.717, 1.165) is 6.42 Å². The Morgan fingerprint density at radius 3 is 2.41 bits per heavy atom. The third-order valence-corrected chi connectivity index (χ3v) is 3.40. The summed E-state index contributed by atoms with van der Waals surface area (Å²) < 4.78 is 0. The van der Waals surface area contributed by atoms with Gasteiger partial charge in [-0.1, -0.05) is 66.2 Å². The Bertz CT molecular complexity index is 535. The maximum absolute atomic E-state index is 2.37. The van der Waals surface area contributed by atoms with Gasteiger partial charge in [0.15, 0.2) is 0 Å². The molecule has 0 fully saturated rings. The van der Waals surface area contributed by atoms with Crippen molar-refractivity contribution in [3.8, 4) is 0 Å². The normalized spacial score (nSPS) is 14.0. The highest BCUT2D eigenvalue weighted by molar-refractivity contribution is 5.60. The SMILES string of the molecule is C1=C(Cc2ccccc2)CCc2ccccc21. The van der Waals surface area contributed by atoms with Crippen LogP contribution in [0.3, 0.4) is 0 Å². The molecule has 0 aromatic heterocycles. The molecule has 0 unspecified atom stereocenters. The predicted molar refractivity (Wildman–Crippen MR) is 72.9 cm³/mol. The van der Waals surface area contributed by atoms with Crippen LogP contribution in [-0.4, -0.2) is 0 Å². The summed E-state index contributed by atoms with van der Waals surface area (Å²) in [7, 11) is 0. The average molecular weight is 220 g/mol. The second kappa shape index (κ2) is 4.58. The lowest BCUT2D eigenvalue weighted by atomic mass is 9.89. The van der Waals surface area contributed by atoms with Gasteiger partial charge in [0.2, 0.25) is 0 Å². The summed E-state index contributed by atoms with van der Waals surface area (Å²) in [6.07, 6.45) is 5.85. The van der Waals surface area contributed by atoms with Crippen molar-refractivity contribution in [3.63, 3.8) is 0 Å². The van der Waals surface area contributed by atoms with E-state index in [9.17, 15) is 0 Å². The first kappa shape index (κ1) is 10.3. The van der Waals surface area contributed by atoms with E-state index >= 15 is 0 Å². The van der Waals surface area contributed by atoms with E-state index in [-0.39, 0.29) is 0 Å². The van der Waals surface area contributed by atoms with Crippen LogP contribution in [0.15, 0.2) is 60.2 Å². The maximum atomic E-state index is 2.37. The van der Waals surface area contributed by atoms with Gasteiger partial charge < -0.3 is 0 Å². The van der Waals surface area contributed by atoms with Crippen LogP contribution in [-0.2, 0) is 12.8 Å². The third kappa shape index (κ3) is 2.31. The molecule has 0 bridgehead atoms. The molecule has 17 heavy (non-hydrogen) atoms. The van der Waals surface area contributed by atoms with Gasteiger partial charge in [-0.15, -0.1) is 0 Å². The van der Waals surface area contributed by atoms with Crippen molar-refractivity contribution < 1.29 is 0 Å². The zero-order chi connectivity index (χ0) is 11.5. The minimum absolute atomic E-state index is 1.09. The summed E-state index contributed by atoms with van der Waals surface area (Å²) in [6, 6.07) is 19.5. The Kier molecular flexibility index (Phi) is 2.79. The fourth-order valence-corrected chi connectivity index (χ4v) is 2.49. The van der Waals surface area contributed by atoms with E-state index in [2.05, 4.69) is 60.7 Å². The van der Waals surface area contributed by atoms with E-state index in [1.54, 1.807) is 5.57 Å². The summed E-state index contributed by atoms with van der Waals surface area (Å²) in [6.45, 7) is 0. The monoisotopic (exact) mass is 220 g/mol. The molecule has 0 heteroatoms. The zero-order valence-corrected chi connectivity index (χ0v) is 9.89. The molecular formula is C17H16. The van der Waals surface area contributed by atoms with Gasteiger partial charge in [0.1, 0.15) is 0 Å². The van der Waals surface area contributed by atoms with Crippen molar-refractivity contribution in [3.05, 3.63) is 76.9 Å². The van der Waals surface area contributed by atoms with E-state index < -0.39 is 0 Å². The summed E-state index contributed by atoms with van der Waals surface area (Å²) in [5, 5.41) is 0. The lowest BCUT2D eigenvalue weighted by molar-refractivity contribution is 0.888. The smallest absolute Gasteiger partial charge is 0.00637 e. The highest BCUT2D eigenvalue weighted by atomic mass is 14.1. The molecule has 0 heterocycles. The molecule has 1 aliphatic carbocycles. The van der Waals surface area contributed by atoms with E-state index in [1.807, 2.05) is 0 Å². The van der Waals surface area contributed by atoms with Gasteiger partial charge in [-0.05, 0) is 36.0 Å². The van der Waals surface area contributed by atoms with Crippen molar-refractivity contribution >= 4 is 6.08 Å². The topological polar surface area (TPSA) is 0 Å². The first-order valence-corrected chi connectivity index (χ1v) is 6.23. The number of hydrogen-bond donors (Lipinski definition) is 0.